The summed E-state index contributed by atoms with van der Waals surface area (Å²) in [7, 11) is 0. The predicted octanol–water partition coefficient (Wildman–Crippen LogP) is 4.12. The molecule has 2 aromatic carbocycles. The lowest BCUT2D eigenvalue weighted by Crippen LogP contribution is -2.39. The van der Waals surface area contributed by atoms with Crippen LogP contribution in [0.2, 0.25) is 0 Å². The van der Waals surface area contributed by atoms with Crippen LogP contribution in [-0.4, -0.2) is 68.2 Å². The van der Waals surface area contributed by atoms with Gasteiger partial charge in [0, 0.05) is 37.3 Å². The number of hydrogen-bond acceptors (Lipinski definition) is 4. The Labute approximate surface area is 186 Å². The molecule has 1 N–H and O–H groups in total. The lowest BCUT2D eigenvalue weighted by atomic mass is 9.93. The van der Waals surface area contributed by atoms with E-state index in [1.165, 1.54) is 25.8 Å². The van der Waals surface area contributed by atoms with Crippen molar-refractivity contribution in [1.29, 1.82) is 0 Å². The molecule has 5 nitrogen and oxygen atoms in total. The van der Waals surface area contributed by atoms with Crippen molar-refractivity contribution in [1.82, 2.24) is 9.80 Å². The van der Waals surface area contributed by atoms with E-state index in [1.807, 2.05) is 36.4 Å². The third kappa shape index (κ3) is 6.63. The van der Waals surface area contributed by atoms with E-state index in [-0.39, 0.29) is 5.91 Å². The van der Waals surface area contributed by atoms with Crippen LogP contribution in [0.5, 0.6) is 0 Å². The molecular weight excluding hydrogens is 386 g/mol. The topological polar surface area (TPSA) is 44.8 Å². The molecule has 0 aliphatic carbocycles. The largest absolute Gasteiger partial charge is 0.379 e. The molecule has 31 heavy (non-hydrogen) atoms. The van der Waals surface area contributed by atoms with Crippen LogP contribution in [0.25, 0.3) is 11.1 Å². The molecule has 0 unspecified atom stereocenters. The van der Waals surface area contributed by atoms with E-state index >= 15 is 0 Å². The molecule has 2 aliphatic rings. The maximum Gasteiger partial charge on any atom is 0.225 e. The van der Waals surface area contributed by atoms with Crippen molar-refractivity contribution >= 4 is 11.6 Å². The molecule has 0 atom stereocenters. The summed E-state index contributed by atoms with van der Waals surface area (Å²) in [6.45, 7) is 8.21. The van der Waals surface area contributed by atoms with Gasteiger partial charge in [0.2, 0.25) is 5.91 Å². The molecule has 5 heteroatoms. The maximum absolute atomic E-state index is 12.6. The molecule has 0 radical (unpaired) electrons. The van der Waals surface area contributed by atoms with Crippen LogP contribution in [0, 0.1) is 5.92 Å². The van der Waals surface area contributed by atoms with Gasteiger partial charge in [0.1, 0.15) is 0 Å². The van der Waals surface area contributed by atoms with Crippen molar-refractivity contribution in [2.75, 3.05) is 57.8 Å². The number of ether oxygens (including phenoxy) is 1. The van der Waals surface area contributed by atoms with E-state index in [0.717, 1.165) is 68.7 Å². The van der Waals surface area contributed by atoms with Crippen molar-refractivity contribution in [3.8, 4) is 11.1 Å². The first-order valence-electron chi connectivity index (χ1n) is 11.7. The number of morpholine rings is 1. The number of piperidine rings is 1. The Kier molecular flexibility index (Phi) is 8.11. The molecule has 0 aromatic heterocycles. The van der Waals surface area contributed by atoms with Crippen LogP contribution in [0.4, 0.5) is 5.69 Å². The number of carbonyl (C=O) groups excluding carboxylic acids is 1. The number of anilines is 1. The van der Waals surface area contributed by atoms with E-state index in [4.69, 9.17) is 4.74 Å². The Morgan fingerprint density at radius 3 is 2.32 bits per heavy atom. The van der Waals surface area contributed by atoms with E-state index in [0.29, 0.717) is 6.42 Å². The van der Waals surface area contributed by atoms with Gasteiger partial charge in [0.15, 0.2) is 0 Å². The molecule has 2 aliphatic heterocycles. The fraction of sp³-hybridized carbons (Fsp3) is 0.500. The molecule has 2 heterocycles. The second-order valence-electron chi connectivity index (χ2n) is 8.74. The summed E-state index contributed by atoms with van der Waals surface area (Å²) in [4.78, 5) is 17.6. The molecule has 0 bridgehead atoms. The number of hydrogen-bond donors (Lipinski definition) is 1. The normalized spacial score (nSPS) is 18.7. The van der Waals surface area contributed by atoms with Crippen LogP contribution < -0.4 is 5.32 Å². The summed E-state index contributed by atoms with van der Waals surface area (Å²) in [6, 6.07) is 18.3. The first-order chi connectivity index (χ1) is 15.3. The predicted molar refractivity (Wildman–Crippen MR) is 126 cm³/mol. The van der Waals surface area contributed by atoms with E-state index < -0.39 is 0 Å². The first kappa shape index (κ1) is 22.0. The lowest BCUT2D eigenvalue weighted by molar-refractivity contribution is -0.116. The SMILES string of the molecule is O=C(CCN1CCC(CCN2CCOCC2)CC1)Nc1ccccc1-c1ccccc1. The Morgan fingerprint density at radius 2 is 1.55 bits per heavy atom. The van der Waals surface area contributed by atoms with Crippen molar-refractivity contribution in [3.05, 3.63) is 54.6 Å². The fourth-order valence-corrected chi connectivity index (χ4v) is 4.62. The van der Waals surface area contributed by atoms with Crippen molar-refractivity contribution in [2.45, 2.75) is 25.7 Å². The average Bonchev–Trinajstić information content (AvgIpc) is 2.84. The van der Waals surface area contributed by atoms with Crippen LogP contribution in [0.3, 0.4) is 0 Å². The van der Waals surface area contributed by atoms with Crippen LogP contribution in [0.1, 0.15) is 25.7 Å². The second-order valence-corrected chi connectivity index (χ2v) is 8.74. The van der Waals surface area contributed by atoms with Gasteiger partial charge in [0.05, 0.1) is 13.2 Å². The van der Waals surface area contributed by atoms with E-state index in [1.54, 1.807) is 0 Å². The Morgan fingerprint density at radius 1 is 0.871 bits per heavy atom. The van der Waals surface area contributed by atoms with Gasteiger partial charge in [-0.05, 0) is 56.4 Å². The third-order valence-electron chi connectivity index (χ3n) is 6.61. The van der Waals surface area contributed by atoms with Gasteiger partial charge in [-0.3, -0.25) is 9.69 Å². The average molecular weight is 422 g/mol. The minimum atomic E-state index is 0.0952. The van der Waals surface area contributed by atoms with Gasteiger partial charge in [-0.1, -0.05) is 48.5 Å². The molecular formula is C26H35N3O2. The van der Waals surface area contributed by atoms with Crippen LogP contribution in [0.15, 0.2) is 54.6 Å². The van der Waals surface area contributed by atoms with E-state index in [9.17, 15) is 4.79 Å². The summed E-state index contributed by atoms with van der Waals surface area (Å²) in [5.74, 6) is 0.920. The Bertz CT molecular complexity index is 812. The number of carbonyl (C=O) groups is 1. The van der Waals surface area contributed by atoms with Crippen LogP contribution >= 0.6 is 0 Å². The van der Waals surface area contributed by atoms with Crippen molar-refractivity contribution in [2.24, 2.45) is 5.92 Å². The fourth-order valence-electron chi connectivity index (χ4n) is 4.62. The first-order valence-corrected chi connectivity index (χ1v) is 11.7. The molecule has 2 aromatic rings. The van der Waals surface area contributed by atoms with Gasteiger partial charge in [-0.25, -0.2) is 0 Å². The highest BCUT2D eigenvalue weighted by atomic mass is 16.5. The zero-order valence-electron chi connectivity index (χ0n) is 18.5. The van der Waals surface area contributed by atoms with Gasteiger partial charge in [0.25, 0.3) is 0 Å². The highest BCUT2D eigenvalue weighted by Gasteiger charge is 2.21. The Hall–Kier alpha value is -2.21. The second kappa shape index (κ2) is 11.4. The van der Waals surface area contributed by atoms with Gasteiger partial charge < -0.3 is 15.0 Å². The molecule has 0 spiro atoms. The smallest absolute Gasteiger partial charge is 0.225 e. The molecule has 0 saturated carbocycles. The molecule has 2 saturated heterocycles. The van der Waals surface area contributed by atoms with E-state index in [2.05, 4.69) is 33.3 Å². The molecule has 166 valence electrons. The Balaban J connectivity index is 1.18. The zero-order chi connectivity index (χ0) is 21.3. The summed E-state index contributed by atoms with van der Waals surface area (Å²) >= 11 is 0. The zero-order valence-corrected chi connectivity index (χ0v) is 18.5. The number of benzene rings is 2. The number of rotatable bonds is 8. The number of likely N-dealkylation sites (tertiary alicyclic amines) is 1. The summed E-state index contributed by atoms with van der Waals surface area (Å²) in [5, 5.41) is 3.13. The monoisotopic (exact) mass is 421 g/mol. The number of para-hydroxylation sites is 1. The molecule has 1 amide bonds. The van der Waals surface area contributed by atoms with Gasteiger partial charge in [-0.2, -0.15) is 0 Å². The minimum Gasteiger partial charge on any atom is -0.379 e. The lowest BCUT2D eigenvalue weighted by Gasteiger charge is -2.33. The highest BCUT2D eigenvalue weighted by Crippen LogP contribution is 2.27. The summed E-state index contributed by atoms with van der Waals surface area (Å²) in [5.41, 5.74) is 3.08. The van der Waals surface area contributed by atoms with Crippen molar-refractivity contribution in [3.63, 3.8) is 0 Å². The third-order valence-corrected chi connectivity index (χ3v) is 6.61. The minimum absolute atomic E-state index is 0.0952. The highest BCUT2D eigenvalue weighted by molar-refractivity contribution is 5.95. The van der Waals surface area contributed by atoms with Crippen LogP contribution in [-0.2, 0) is 9.53 Å². The quantitative estimate of drug-likeness (QED) is 0.697. The molecule has 4 rings (SSSR count). The molecule has 2 fully saturated rings. The standard InChI is InChI=1S/C26H35N3O2/c30-26(27-25-9-5-4-8-24(25)23-6-2-1-3-7-23)13-17-28-14-10-22(11-15-28)12-16-29-18-20-31-21-19-29/h1-9,22H,10-21H2,(H,27,30). The van der Waals surface area contributed by atoms with Crippen molar-refractivity contribution < 1.29 is 9.53 Å². The van der Waals surface area contributed by atoms with Gasteiger partial charge in [-0.15, -0.1) is 0 Å². The maximum atomic E-state index is 12.6. The number of nitrogens with zero attached hydrogens (tertiary/aromatic N) is 2. The van der Waals surface area contributed by atoms with Gasteiger partial charge >= 0.3 is 0 Å². The number of nitrogens with one attached hydrogen (secondary N) is 1. The number of amides is 1. The summed E-state index contributed by atoms with van der Waals surface area (Å²) < 4.78 is 5.44. The summed E-state index contributed by atoms with van der Waals surface area (Å²) in [6.07, 6.45) is 4.35.